The van der Waals surface area contributed by atoms with Crippen LogP contribution in [0.3, 0.4) is 0 Å². The predicted molar refractivity (Wildman–Crippen MR) is 44.8 cm³/mol. The summed E-state index contributed by atoms with van der Waals surface area (Å²) in [6, 6.07) is 0. The third kappa shape index (κ3) is 2.43. The van der Waals surface area contributed by atoms with Crippen LogP contribution in [0.4, 0.5) is 0 Å². The molecule has 9 heavy (non-hydrogen) atoms. The van der Waals surface area contributed by atoms with Gasteiger partial charge in [-0.3, -0.25) is 9.13 Å². The minimum absolute atomic E-state index is 1.86. The van der Waals surface area contributed by atoms with Crippen LogP contribution in [0.15, 0.2) is 0 Å². The number of halogens is 2. The first-order valence-electron chi connectivity index (χ1n) is 2.61. The van der Waals surface area contributed by atoms with E-state index < -0.39 is 7.02 Å². The van der Waals surface area contributed by atoms with E-state index in [1.165, 1.54) is 0 Å². The highest BCUT2D eigenvalue weighted by atomic mass is 35.7. The molecule has 0 aromatic rings. The van der Waals surface area contributed by atoms with Crippen molar-refractivity contribution in [1.29, 1.82) is 0 Å². The average Bonchev–Trinajstić information content (AvgIpc) is 1.65. The zero-order valence-corrected chi connectivity index (χ0v) is 8.66. The van der Waals surface area contributed by atoms with E-state index in [1.807, 2.05) is 37.3 Å². The molecule has 0 amide bonds. The second-order valence-corrected chi connectivity index (χ2v) is 8.85. The van der Waals surface area contributed by atoms with Gasteiger partial charge < -0.3 is 0 Å². The molecule has 0 aliphatic rings. The summed E-state index contributed by atoms with van der Waals surface area (Å²) in [5.74, 6) is 0. The van der Waals surface area contributed by atoms with Crippen molar-refractivity contribution in [2.45, 2.75) is 0 Å². The van der Waals surface area contributed by atoms with Crippen LogP contribution in [0.2, 0.25) is 0 Å². The van der Waals surface area contributed by atoms with Crippen molar-refractivity contribution in [3.05, 3.63) is 0 Å². The van der Waals surface area contributed by atoms with E-state index in [2.05, 4.69) is 0 Å². The minimum Gasteiger partial charge on any atom is -0.293 e. The summed E-state index contributed by atoms with van der Waals surface area (Å²) >= 11 is 11.9. The third-order valence-corrected chi connectivity index (χ3v) is 7.29. The van der Waals surface area contributed by atoms with Gasteiger partial charge in [-0.25, -0.2) is 0 Å². The molecule has 0 radical (unpaired) electrons. The molecule has 0 bridgehead atoms. The van der Waals surface area contributed by atoms with Gasteiger partial charge in [-0.1, -0.05) is 0 Å². The molecule has 0 fully saturated rings. The lowest BCUT2D eigenvalue weighted by atomic mass is 11.3. The van der Waals surface area contributed by atoms with Gasteiger partial charge in [0.15, 0.2) is 0 Å². The Hall–Kier alpha value is 0.717. The van der Waals surface area contributed by atoms with E-state index in [9.17, 15) is 0 Å². The van der Waals surface area contributed by atoms with Crippen LogP contribution < -0.4 is 0 Å². The molecule has 0 atom stereocenters. The standard InChI is InChI=1S/C4H12Cl2N2Si/c1-7(2)9(5,6)8(3)4/h1-4H3. The smallest absolute Gasteiger partial charge is 0.293 e. The normalized spacial score (nSPS) is 13.3. The Bertz CT molecular complexity index is 84.6. The first kappa shape index (κ1) is 9.72. The number of hydrogen-bond donors (Lipinski definition) is 0. The zero-order chi connectivity index (χ0) is 7.65. The molecule has 56 valence electrons. The highest BCUT2D eigenvalue weighted by molar-refractivity contribution is 7.42. The van der Waals surface area contributed by atoms with Gasteiger partial charge in [0.1, 0.15) is 0 Å². The van der Waals surface area contributed by atoms with Gasteiger partial charge in [0.2, 0.25) is 0 Å². The Balaban J connectivity index is 4.01. The molecule has 0 rings (SSSR count). The van der Waals surface area contributed by atoms with Crippen molar-refractivity contribution >= 4 is 29.2 Å². The lowest BCUT2D eigenvalue weighted by Gasteiger charge is -2.29. The highest BCUT2D eigenvalue weighted by Gasteiger charge is 2.35. The maximum atomic E-state index is 5.96. The van der Waals surface area contributed by atoms with Gasteiger partial charge >= 0.3 is 7.02 Å². The second kappa shape index (κ2) is 3.21. The fourth-order valence-electron chi connectivity index (χ4n) is 0.400. The van der Waals surface area contributed by atoms with E-state index in [0.29, 0.717) is 0 Å². The van der Waals surface area contributed by atoms with E-state index >= 15 is 0 Å². The fraction of sp³-hybridized carbons (Fsp3) is 1.00. The van der Waals surface area contributed by atoms with Crippen molar-refractivity contribution in [2.24, 2.45) is 0 Å². The molecule has 0 unspecified atom stereocenters. The maximum absolute atomic E-state index is 5.96. The number of rotatable bonds is 2. The lowest BCUT2D eigenvalue weighted by molar-refractivity contribution is 0.529. The molecule has 5 heteroatoms. The first-order valence-corrected chi connectivity index (χ1v) is 6.53. The Morgan fingerprint density at radius 1 is 0.889 bits per heavy atom. The third-order valence-electron chi connectivity index (χ3n) is 1.08. The Morgan fingerprint density at radius 2 is 1.11 bits per heavy atom. The Labute approximate surface area is 66.9 Å². The van der Waals surface area contributed by atoms with Crippen LogP contribution >= 0.6 is 22.2 Å². The van der Waals surface area contributed by atoms with Gasteiger partial charge in [0.05, 0.1) is 0 Å². The highest BCUT2D eigenvalue weighted by Crippen LogP contribution is 2.18. The van der Waals surface area contributed by atoms with E-state index in [1.54, 1.807) is 0 Å². The molecular weight excluding hydrogens is 175 g/mol. The van der Waals surface area contributed by atoms with Crippen LogP contribution in [0.1, 0.15) is 0 Å². The molecule has 0 heterocycles. The molecular formula is C4H12Cl2N2Si. The number of nitrogens with zero attached hydrogens (tertiary/aromatic N) is 2. The van der Waals surface area contributed by atoms with Crippen LogP contribution in [0, 0.1) is 0 Å². The van der Waals surface area contributed by atoms with E-state index in [0.717, 1.165) is 0 Å². The topological polar surface area (TPSA) is 6.48 Å². The Morgan fingerprint density at radius 3 is 1.11 bits per heavy atom. The van der Waals surface area contributed by atoms with Crippen LogP contribution in [-0.2, 0) is 0 Å². The lowest BCUT2D eigenvalue weighted by Crippen LogP contribution is -2.51. The van der Waals surface area contributed by atoms with Crippen molar-refractivity contribution in [1.82, 2.24) is 9.13 Å². The van der Waals surface area contributed by atoms with Gasteiger partial charge in [0.25, 0.3) is 0 Å². The largest absolute Gasteiger partial charge is 0.407 e. The summed E-state index contributed by atoms with van der Waals surface area (Å²) in [7, 11) is 5.28. The van der Waals surface area contributed by atoms with E-state index in [4.69, 9.17) is 22.2 Å². The first-order chi connectivity index (χ1) is 3.89. The van der Waals surface area contributed by atoms with Crippen LogP contribution in [0.25, 0.3) is 0 Å². The van der Waals surface area contributed by atoms with Crippen molar-refractivity contribution in [3.63, 3.8) is 0 Å². The molecule has 0 N–H and O–H groups in total. The summed E-state index contributed by atoms with van der Waals surface area (Å²) in [4.78, 5) is 0. The molecule has 0 aliphatic carbocycles. The fourth-order valence-corrected chi connectivity index (χ4v) is 1.20. The second-order valence-electron chi connectivity index (χ2n) is 2.30. The monoisotopic (exact) mass is 186 g/mol. The Kier molecular flexibility index (Phi) is 3.47. The molecule has 0 aromatic carbocycles. The van der Waals surface area contributed by atoms with Gasteiger partial charge in [-0.05, 0) is 28.2 Å². The molecule has 0 saturated carbocycles. The van der Waals surface area contributed by atoms with Gasteiger partial charge in [-0.2, -0.15) is 0 Å². The molecule has 2 nitrogen and oxygen atoms in total. The summed E-state index contributed by atoms with van der Waals surface area (Å²) in [5.41, 5.74) is 0. The summed E-state index contributed by atoms with van der Waals surface area (Å²) in [5, 5.41) is 0. The van der Waals surface area contributed by atoms with Crippen LogP contribution in [-0.4, -0.2) is 44.3 Å². The van der Waals surface area contributed by atoms with E-state index in [-0.39, 0.29) is 0 Å². The quantitative estimate of drug-likeness (QED) is 0.470. The molecule has 0 aromatic heterocycles. The van der Waals surface area contributed by atoms with Crippen molar-refractivity contribution in [2.75, 3.05) is 28.2 Å². The van der Waals surface area contributed by atoms with Gasteiger partial charge in [0, 0.05) is 0 Å². The zero-order valence-electron chi connectivity index (χ0n) is 6.15. The predicted octanol–water partition coefficient (Wildman–Crippen LogP) is 1.02. The number of hydrogen-bond acceptors (Lipinski definition) is 2. The van der Waals surface area contributed by atoms with Crippen molar-refractivity contribution in [3.8, 4) is 0 Å². The summed E-state index contributed by atoms with van der Waals surface area (Å²) in [6.07, 6.45) is 0. The summed E-state index contributed by atoms with van der Waals surface area (Å²) in [6.45, 7) is 0. The molecule has 0 spiro atoms. The SMILES string of the molecule is CN(C)[Si](Cl)(Cl)N(C)C. The van der Waals surface area contributed by atoms with Crippen molar-refractivity contribution < 1.29 is 0 Å². The van der Waals surface area contributed by atoms with Crippen LogP contribution in [0.5, 0.6) is 0 Å². The molecule has 0 saturated heterocycles. The maximum Gasteiger partial charge on any atom is 0.407 e. The molecule has 0 aliphatic heterocycles. The minimum atomic E-state index is -2.25. The average molecular weight is 187 g/mol. The summed E-state index contributed by atoms with van der Waals surface area (Å²) < 4.78 is 3.71. The van der Waals surface area contributed by atoms with Gasteiger partial charge in [-0.15, -0.1) is 22.2 Å².